The summed E-state index contributed by atoms with van der Waals surface area (Å²) >= 11 is 0. The summed E-state index contributed by atoms with van der Waals surface area (Å²) in [7, 11) is 0. The van der Waals surface area contributed by atoms with Crippen LogP contribution in [0.15, 0.2) is 15.4 Å². The van der Waals surface area contributed by atoms with Crippen LogP contribution >= 0.6 is 0 Å². The fourth-order valence-electron chi connectivity index (χ4n) is 5.48. The zero-order valence-electron chi connectivity index (χ0n) is 19.1. The highest BCUT2D eigenvalue weighted by Gasteiger charge is 2.34. The number of hydrogen-bond acceptors (Lipinski definition) is 6. The zero-order valence-corrected chi connectivity index (χ0v) is 19.1. The van der Waals surface area contributed by atoms with Crippen molar-refractivity contribution >= 4 is 5.91 Å². The molecule has 2 aromatic rings. The Kier molecular flexibility index (Phi) is 5.88. The molecule has 32 heavy (non-hydrogen) atoms. The van der Waals surface area contributed by atoms with Crippen LogP contribution in [0.1, 0.15) is 104 Å². The SMILES string of the molecule is CC(C)c1cc(C(=O)N2CCCC[C@H]2c2nc3c(c(=O)[nH]2)CCN(C2CCCC2)C3)on1. The minimum atomic E-state index is -0.247. The van der Waals surface area contributed by atoms with Crippen molar-refractivity contribution in [2.24, 2.45) is 0 Å². The highest BCUT2D eigenvalue weighted by Crippen LogP contribution is 2.32. The number of carbonyl (C=O) groups is 1. The molecule has 0 spiro atoms. The number of aromatic amines is 1. The Labute approximate surface area is 188 Å². The molecule has 1 saturated carbocycles. The smallest absolute Gasteiger partial charge is 0.293 e. The van der Waals surface area contributed by atoms with E-state index in [0.717, 1.165) is 55.7 Å². The van der Waals surface area contributed by atoms with Crippen LogP contribution in [-0.2, 0) is 13.0 Å². The number of nitrogens with zero attached hydrogens (tertiary/aromatic N) is 4. The van der Waals surface area contributed by atoms with E-state index < -0.39 is 0 Å². The van der Waals surface area contributed by atoms with E-state index >= 15 is 0 Å². The second kappa shape index (κ2) is 8.81. The van der Waals surface area contributed by atoms with E-state index in [-0.39, 0.29) is 29.2 Å². The van der Waals surface area contributed by atoms with Gasteiger partial charge in [0.2, 0.25) is 5.76 Å². The lowest BCUT2D eigenvalue weighted by molar-refractivity contribution is 0.0556. The standard InChI is InChI=1S/C24H33N5O3/c1-15(2)18-13-21(32-27-18)24(31)29-11-6-5-9-20(29)22-25-19-14-28(16-7-3-4-8-16)12-10-17(19)23(30)26-22/h13,15-16,20H,3-12,14H2,1-2H3,(H,25,26,30)/t20-/m0/s1. The lowest BCUT2D eigenvalue weighted by Gasteiger charge is -2.36. The van der Waals surface area contributed by atoms with Gasteiger partial charge in [0.05, 0.1) is 17.4 Å². The molecule has 2 fully saturated rings. The number of carbonyl (C=O) groups excluding carboxylic acids is 1. The molecule has 8 heteroatoms. The van der Waals surface area contributed by atoms with Gasteiger partial charge in [-0.1, -0.05) is 31.8 Å². The predicted octanol–water partition coefficient (Wildman–Crippen LogP) is 3.55. The summed E-state index contributed by atoms with van der Waals surface area (Å²) in [6.45, 7) is 6.33. The van der Waals surface area contributed by atoms with Crippen molar-refractivity contribution in [3.8, 4) is 0 Å². The van der Waals surface area contributed by atoms with Crippen LogP contribution in [0.3, 0.4) is 0 Å². The van der Waals surface area contributed by atoms with Crippen molar-refractivity contribution in [1.82, 2.24) is 24.9 Å². The highest BCUT2D eigenvalue weighted by molar-refractivity contribution is 5.91. The summed E-state index contributed by atoms with van der Waals surface area (Å²) in [5, 5.41) is 4.05. The maximum atomic E-state index is 13.3. The molecule has 3 aliphatic rings. The number of rotatable bonds is 4. The second-order valence-electron chi connectivity index (χ2n) is 9.82. The number of piperidine rings is 1. The third-order valence-corrected chi connectivity index (χ3v) is 7.37. The van der Waals surface area contributed by atoms with E-state index in [1.54, 1.807) is 11.0 Å². The Hall–Kier alpha value is -2.48. The maximum Gasteiger partial charge on any atom is 0.293 e. The Morgan fingerprint density at radius 1 is 1.16 bits per heavy atom. The number of nitrogens with one attached hydrogen (secondary N) is 1. The number of hydrogen-bond donors (Lipinski definition) is 1. The van der Waals surface area contributed by atoms with Crippen LogP contribution in [0.4, 0.5) is 0 Å². The van der Waals surface area contributed by atoms with Gasteiger partial charge in [-0.2, -0.15) is 0 Å². The molecule has 0 aromatic carbocycles. The van der Waals surface area contributed by atoms with E-state index in [2.05, 4.69) is 15.0 Å². The molecule has 5 rings (SSSR count). The molecule has 1 saturated heterocycles. The largest absolute Gasteiger partial charge is 0.351 e. The summed E-state index contributed by atoms with van der Waals surface area (Å²) in [5.74, 6) is 0.882. The Morgan fingerprint density at radius 2 is 1.94 bits per heavy atom. The molecule has 1 N–H and O–H groups in total. The molecule has 1 aliphatic carbocycles. The third kappa shape index (κ3) is 4.00. The van der Waals surface area contributed by atoms with Crippen LogP contribution in [-0.4, -0.2) is 50.0 Å². The minimum absolute atomic E-state index is 0.0456. The van der Waals surface area contributed by atoms with Gasteiger partial charge >= 0.3 is 0 Å². The average molecular weight is 440 g/mol. The molecule has 172 valence electrons. The van der Waals surface area contributed by atoms with E-state index in [1.807, 2.05) is 13.8 Å². The van der Waals surface area contributed by atoms with Gasteiger partial charge in [-0.15, -0.1) is 0 Å². The van der Waals surface area contributed by atoms with Gasteiger partial charge < -0.3 is 14.4 Å². The Morgan fingerprint density at radius 3 is 2.69 bits per heavy atom. The molecule has 0 bridgehead atoms. The number of fused-ring (bicyclic) bond motifs is 1. The first-order chi connectivity index (χ1) is 15.5. The summed E-state index contributed by atoms with van der Waals surface area (Å²) in [6.07, 6.45) is 8.53. The summed E-state index contributed by atoms with van der Waals surface area (Å²) < 4.78 is 5.37. The van der Waals surface area contributed by atoms with Crippen LogP contribution in [0.2, 0.25) is 0 Å². The Bertz CT molecular complexity index is 1040. The maximum absolute atomic E-state index is 13.3. The normalized spacial score (nSPS) is 22.5. The van der Waals surface area contributed by atoms with Crippen LogP contribution < -0.4 is 5.56 Å². The average Bonchev–Trinajstić information content (AvgIpc) is 3.51. The summed E-state index contributed by atoms with van der Waals surface area (Å²) in [4.78, 5) is 38.5. The first kappa shape index (κ1) is 21.4. The van der Waals surface area contributed by atoms with Gasteiger partial charge in [0.25, 0.3) is 11.5 Å². The number of H-pyrrole nitrogens is 1. The van der Waals surface area contributed by atoms with Gasteiger partial charge in [0.1, 0.15) is 5.82 Å². The minimum Gasteiger partial charge on any atom is -0.351 e. The molecule has 2 aromatic heterocycles. The molecule has 0 unspecified atom stereocenters. The second-order valence-corrected chi connectivity index (χ2v) is 9.82. The van der Waals surface area contributed by atoms with Crippen molar-refractivity contribution in [1.29, 1.82) is 0 Å². The molecule has 4 heterocycles. The van der Waals surface area contributed by atoms with Crippen LogP contribution in [0.25, 0.3) is 0 Å². The summed E-state index contributed by atoms with van der Waals surface area (Å²) in [5.41, 5.74) is 2.43. The zero-order chi connectivity index (χ0) is 22.2. The molecule has 2 aliphatic heterocycles. The first-order valence-corrected chi connectivity index (χ1v) is 12.1. The van der Waals surface area contributed by atoms with Gasteiger partial charge in [0, 0.05) is 37.3 Å². The van der Waals surface area contributed by atoms with E-state index in [4.69, 9.17) is 9.51 Å². The Balaban J connectivity index is 1.42. The monoisotopic (exact) mass is 439 g/mol. The molecule has 1 amide bonds. The van der Waals surface area contributed by atoms with E-state index in [1.165, 1.54) is 25.7 Å². The predicted molar refractivity (Wildman–Crippen MR) is 119 cm³/mol. The van der Waals surface area contributed by atoms with Crippen molar-refractivity contribution < 1.29 is 9.32 Å². The van der Waals surface area contributed by atoms with Crippen molar-refractivity contribution in [3.63, 3.8) is 0 Å². The van der Waals surface area contributed by atoms with E-state index in [0.29, 0.717) is 18.4 Å². The fraction of sp³-hybridized carbons (Fsp3) is 0.667. The molecule has 1 atom stereocenters. The van der Waals surface area contributed by atoms with Crippen molar-refractivity contribution in [2.45, 2.75) is 89.8 Å². The van der Waals surface area contributed by atoms with Gasteiger partial charge in [-0.3, -0.25) is 14.5 Å². The van der Waals surface area contributed by atoms with Gasteiger partial charge in [-0.05, 0) is 44.4 Å². The molecular weight excluding hydrogens is 406 g/mol. The number of aromatic nitrogens is 3. The van der Waals surface area contributed by atoms with Crippen molar-refractivity contribution in [3.05, 3.63) is 45.0 Å². The number of likely N-dealkylation sites (tertiary alicyclic amines) is 1. The molecule has 8 nitrogen and oxygen atoms in total. The lowest BCUT2D eigenvalue weighted by Crippen LogP contribution is -2.43. The highest BCUT2D eigenvalue weighted by atomic mass is 16.5. The first-order valence-electron chi connectivity index (χ1n) is 12.1. The van der Waals surface area contributed by atoms with Gasteiger partial charge in [0.15, 0.2) is 0 Å². The topological polar surface area (TPSA) is 95.3 Å². The fourth-order valence-corrected chi connectivity index (χ4v) is 5.48. The van der Waals surface area contributed by atoms with Crippen LogP contribution in [0.5, 0.6) is 0 Å². The van der Waals surface area contributed by atoms with Crippen LogP contribution in [0, 0.1) is 0 Å². The lowest BCUT2D eigenvalue weighted by atomic mass is 9.99. The van der Waals surface area contributed by atoms with Gasteiger partial charge in [-0.25, -0.2) is 4.98 Å². The third-order valence-electron chi connectivity index (χ3n) is 7.37. The van der Waals surface area contributed by atoms with E-state index in [9.17, 15) is 9.59 Å². The number of amides is 1. The quantitative estimate of drug-likeness (QED) is 0.783. The van der Waals surface area contributed by atoms with Crippen molar-refractivity contribution in [2.75, 3.05) is 13.1 Å². The summed E-state index contributed by atoms with van der Waals surface area (Å²) in [6, 6.07) is 2.10. The molecular formula is C24H33N5O3. The molecule has 0 radical (unpaired) electrons.